The van der Waals surface area contributed by atoms with Gasteiger partial charge in [0.1, 0.15) is 10.3 Å². The first-order valence-corrected chi connectivity index (χ1v) is 5.17. The van der Waals surface area contributed by atoms with Crippen LogP contribution in [0.3, 0.4) is 0 Å². The number of aromatic nitrogens is 2. The Morgan fingerprint density at radius 1 is 1.64 bits per heavy atom. The van der Waals surface area contributed by atoms with E-state index in [0.717, 1.165) is 5.82 Å². The highest BCUT2D eigenvalue weighted by Crippen LogP contribution is 2.02. The summed E-state index contributed by atoms with van der Waals surface area (Å²) in [5.74, 6) is 0.732. The Balaban J connectivity index is 3.14. The summed E-state index contributed by atoms with van der Waals surface area (Å²) in [6, 6.07) is 0. The molecule has 3 nitrogen and oxygen atoms in total. The lowest BCUT2D eigenvalue weighted by Gasteiger charge is -2.06. The SMILES string of the molecule is CC(C)=CCn1c(C)ncc(Br)c1=O. The van der Waals surface area contributed by atoms with Crippen molar-refractivity contribution in [2.24, 2.45) is 0 Å². The van der Waals surface area contributed by atoms with Gasteiger partial charge in [-0.05, 0) is 36.7 Å². The van der Waals surface area contributed by atoms with Crippen LogP contribution in [0.2, 0.25) is 0 Å². The van der Waals surface area contributed by atoms with Gasteiger partial charge in [0.25, 0.3) is 5.56 Å². The van der Waals surface area contributed by atoms with Crippen molar-refractivity contribution in [3.05, 3.63) is 38.5 Å². The molecule has 0 aliphatic rings. The molecule has 1 heterocycles. The lowest BCUT2D eigenvalue weighted by atomic mass is 10.3. The van der Waals surface area contributed by atoms with E-state index in [1.54, 1.807) is 4.57 Å². The summed E-state index contributed by atoms with van der Waals surface area (Å²) in [5.41, 5.74) is 1.16. The summed E-state index contributed by atoms with van der Waals surface area (Å²) in [7, 11) is 0. The van der Waals surface area contributed by atoms with E-state index in [1.165, 1.54) is 11.8 Å². The molecule has 0 aromatic carbocycles. The molecule has 4 heteroatoms. The molecular formula is C10H13BrN2O. The number of allylic oxidation sites excluding steroid dienone is 2. The Labute approximate surface area is 91.6 Å². The molecule has 0 fully saturated rings. The largest absolute Gasteiger partial charge is 0.292 e. The first-order chi connectivity index (χ1) is 6.52. The molecule has 0 radical (unpaired) electrons. The van der Waals surface area contributed by atoms with Crippen LogP contribution in [0, 0.1) is 6.92 Å². The summed E-state index contributed by atoms with van der Waals surface area (Å²) in [6.07, 6.45) is 3.54. The molecule has 14 heavy (non-hydrogen) atoms. The Morgan fingerprint density at radius 3 is 2.86 bits per heavy atom. The summed E-state index contributed by atoms with van der Waals surface area (Å²) in [6.45, 7) is 6.42. The Hall–Kier alpha value is -0.900. The molecule has 0 atom stereocenters. The molecule has 0 bridgehead atoms. The van der Waals surface area contributed by atoms with Gasteiger partial charge < -0.3 is 0 Å². The summed E-state index contributed by atoms with van der Waals surface area (Å²) < 4.78 is 2.14. The molecule has 0 saturated carbocycles. The molecule has 1 aromatic heterocycles. The Kier molecular flexibility index (Phi) is 3.63. The zero-order valence-corrected chi connectivity index (χ0v) is 10.1. The fourth-order valence-electron chi connectivity index (χ4n) is 1.04. The van der Waals surface area contributed by atoms with E-state index in [0.29, 0.717) is 11.0 Å². The third-order valence-electron chi connectivity index (χ3n) is 1.89. The van der Waals surface area contributed by atoms with Gasteiger partial charge in [-0.2, -0.15) is 0 Å². The predicted molar refractivity (Wildman–Crippen MR) is 60.4 cm³/mol. The van der Waals surface area contributed by atoms with Crippen molar-refractivity contribution in [2.75, 3.05) is 0 Å². The minimum absolute atomic E-state index is 0.0324. The average molecular weight is 257 g/mol. The molecule has 0 aliphatic heterocycles. The second kappa shape index (κ2) is 4.55. The molecular weight excluding hydrogens is 244 g/mol. The van der Waals surface area contributed by atoms with E-state index in [4.69, 9.17) is 0 Å². The van der Waals surface area contributed by atoms with Gasteiger partial charge in [0.15, 0.2) is 0 Å². The van der Waals surface area contributed by atoms with Crippen molar-refractivity contribution in [3.63, 3.8) is 0 Å². The number of halogens is 1. The zero-order chi connectivity index (χ0) is 10.7. The van der Waals surface area contributed by atoms with Crippen LogP contribution in [0.15, 0.2) is 27.1 Å². The molecule has 1 aromatic rings. The molecule has 0 spiro atoms. The normalized spacial score (nSPS) is 10.0. The van der Waals surface area contributed by atoms with Crippen molar-refractivity contribution in [2.45, 2.75) is 27.3 Å². The third kappa shape index (κ3) is 2.54. The van der Waals surface area contributed by atoms with Gasteiger partial charge in [-0.25, -0.2) is 4.98 Å². The minimum Gasteiger partial charge on any atom is -0.292 e. The van der Waals surface area contributed by atoms with Gasteiger partial charge in [-0.3, -0.25) is 9.36 Å². The lowest BCUT2D eigenvalue weighted by Crippen LogP contribution is -2.23. The Morgan fingerprint density at radius 2 is 2.29 bits per heavy atom. The summed E-state index contributed by atoms with van der Waals surface area (Å²) in [5, 5.41) is 0. The van der Waals surface area contributed by atoms with Gasteiger partial charge in [0.2, 0.25) is 0 Å². The molecule has 0 amide bonds. The van der Waals surface area contributed by atoms with Crippen LogP contribution in [0.5, 0.6) is 0 Å². The third-order valence-corrected chi connectivity index (χ3v) is 2.43. The van der Waals surface area contributed by atoms with Crippen LogP contribution < -0.4 is 5.56 Å². The van der Waals surface area contributed by atoms with Crippen molar-refractivity contribution in [1.82, 2.24) is 9.55 Å². The highest BCUT2D eigenvalue weighted by atomic mass is 79.9. The fourth-order valence-corrected chi connectivity index (χ4v) is 1.36. The van der Waals surface area contributed by atoms with Crippen molar-refractivity contribution in [1.29, 1.82) is 0 Å². The van der Waals surface area contributed by atoms with Crippen molar-refractivity contribution in [3.8, 4) is 0 Å². The molecule has 0 aliphatic carbocycles. The highest BCUT2D eigenvalue weighted by molar-refractivity contribution is 9.10. The second-order valence-electron chi connectivity index (χ2n) is 3.35. The van der Waals surface area contributed by atoms with Gasteiger partial charge in [0.05, 0.1) is 0 Å². The number of hydrogen-bond donors (Lipinski definition) is 0. The molecule has 0 saturated heterocycles. The minimum atomic E-state index is -0.0324. The van der Waals surface area contributed by atoms with E-state index in [1.807, 2.05) is 26.8 Å². The van der Waals surface area contributed by atoms with Crippen LogP contribution >= 0.6 is 15.9 Å². The molecule has 1 rings (SSSR count). The first-order valence-electron chi connectivity index (χ1n) is 4.37. The fraction of sp³-hybridized carbons (Fsp3) is 0.400. The Bertz CT molecular complexity index is 417. The maximum Gasteiger partial charge on any atom is 0.268 e. The number of hydrogen-bond acceptors (Lipinski definition) is 2. The van der Waals surface area contributed by atoms with Crippen LogP contribution in [-0.4, -0.2) is 9.55 Å². The number of rotatable bonds is 2. The molecule has 0 N–H and O–H groups in total. The van der Waals surface area contributed by atoms with Gasteiger partial charge in [-0.15, -0.1) is 0 Å². The van der Waals surface area contributed by atoms with E-state index in [9.17, 15) is 4.79 Å². The van der Waals surface area contributed by atoms with E-state index in [-0.39, 0.29) is 5.56 Å². The summed E-state index contributed by atoms with van der Waals surface area (Å²) >= 11 is 3.17. The number of nitrogens with zero attached hydrogens (tertiary/aromatic N) is 2. The standard InChI is InChI=1S/C10H13BrN2O/c1-7(2)4-5-13-8(3)12-6-9(11)10(13)14/h4,6H,5H2,1-3H3. The first kappa shape index (κ1) is 11.2. The van der Waals surface area contributed by atoms with E-state index >= 15 is 0 Å². The monoisotopic (exact) mass is 256 g/mol. The van der Waals surface area contributed by atoms with E-state index in [2.05, 4.69) is 20.9 Å². The number of aryl methyl sites for hydroxylation is 1. The van der Waals surface area contributed by atoms with Crippen LogP contribution in [0.25, 0.3) is 0 Å². The maximum absolute atomic E-state index is 11.6. The quantitative estimate of drug-likeness (QED) is 0.762. The zero-order valence-electron chi connectivity index (χ0n) is 8.54. The topological polar surface area (TPSA) is 34.9 Å². The van der Waals surface area contributed by atoms with E-state index < -0.39 is 0 Å². The molecule has 76 valence electrons. The molecule has 0 unspecified atom stereocenters. The predicted octanol–water partition coefficient (Wildman–Crippen LogP) is 2.28. The second-order valence-corrected chi connectivity index (χ2v) is 4.20. The average Bonchev–Trinajstić information content (AvgIpc) is 2.11. The van der Waals surface area contributed by atoms with Gasteiger partial charge in [-0.1, -0.05) is 11.6 Å². The van der Waals surface area contributed by atoms with Crippen LogP contribution in [-0.2, 0) is 6.54 Å². The highest BCUT2D eigenvalue weighted by Gasteiger charge is 2.03. The lowest BCUT2D eigenvalue weighted by molar-refractivity contribution is 0.706. The summed E-state index contributed by atoms with van der Waals surface area (Å²) in [4.78, 5) is 15.8. The smallest absolute Gasteiger partial charge is 0.268 e. The van der Waals surface area contributed by atoms with Gasteiger partial charge in [0, 0.05) is 12.7 Å². The van der Waals surface area contributed by atoms with Crippen LogP contribution in [0.4, 0.5) is 0 Å². The van der Waals surface area contributed by atoms with Crippen molar-refractivity contribution >= 4 is 15.9 Å². The van der Waals surface area contributed by atoms with Crippen LogP contribution in [0.1, 0.15) is 19.7 Å². The van der Waals surface area contributed by atoms with Gasteiger partial charge >= 0.3 is 0 Å². The maximum atomic E-state index is 11.6. The van der Waals surface area contributed by atoms with Crippen molar-refractivity contribution < 1.29 is 0 Å².